The summed E-state index contributed by atoms with van der Waals surface area (Å²) in [6, 6.07) is 0. The van der Waals surface area contributed by atoms with Gasteiger partial charge in [0.2, 0.25) is 0 Å². The first-order valence-corrected chi connectivity index (χ1v) is 5.04. The summed E-state index contributed by atoms with van der Waals surface area (Å²) in [7, 11) is 0. The van der Waals surface area contributed by atoms with E-state index in [0.29, 0.717) is 0 Å². The largest absolute Gasteiger partial charge is 0.447 e. The molecule has 0 spiro atoms. The summed E-state index contributed by atoms with van der Waals surface area (Å²) in [6.07, 6.45) is -21.0. The van der Waals surface area contributed by atoms with E-state index in [0.717, 1.165) is 6.92 Å². The molecule has 0 aliphatic heterocycles. The highest BCUT2D eigenvalue weighted by Crippen LogP contribution is 2.55. The fourth-order valence-electron chi connectivity index (χ4n) is 1.07. The van der Waals surface area contributed by atoms with Crippen LogP contribution in [-0.4, -0.2) is 30.1 Å². The molecule has 0 saturated heterocycles. The van der Waals surface area contributed by atoms with Gasteiger partial charge in [0.05, 0.1) is 5.92 Å². The van der Waals surface area contributed by atoms with E-state index in [2.05, 4.69) is 4.74 Å². The van der Waals surface area contributed by atoms with Crippen molar-refractivity contribution in [2.45, 2.75) is 44.4 Å². The topological polar surface area (TPSA) is 26.3 Å². The van der Waals surface area contributed by atoms with Crippen LogP contribution < -0.4 is 0 Å². The van der Waals surface area contributed by atoms with Crippen molar-refractivity contribution >= 4 is 5.97 Å². The minimum absolute atomic E-state index is 0.289. The van der Waals surface area contributed by atoms with Crippen LogP contribution in [0.1, 0.15) is 20.3 Å². The quantitative estimate of drug-likeness (QED) is 0.580. The molecule has 1 atom stereocenters. The molecule has 1 unspecified atom stereocenters. The molecule has 120 valence electrons. The molecule has 0 fully saturated rings. The highest BCUT2D eigenvalue weighted by atomic mass is 19.4. The van der Waals surface area contributed by atoms with Crippen LogP contribution in [-0.2, 0) is 9.53 Å². The Morgan fingerprint density at radius 1 is 0.900 bits per heavy atom. The molecular formula is C9H9F9O2. The lowest BCUT2D eigenvalue weighted by molar-refractivity contribution is -0.446. The molecule has 0 aromatic carbocycles. The molecule has 0 aliphatic carbocycles. The number of rotatable bonds is 3. The second-order valence-electron chi connectivity index (χ2n) is 3.90. The summed E-state index contributed by atoms with van der Waals surface area (Å²) in [4.78, 5) is 11.0. The molecule has 0 amide bonds. The highest BCUT2D eigenvalue weighted by Gasteiger charge is 2.87. The van der Waals surface area contributed by atoms with E-state index in [1.165, 1.54) is 6.92 Å². The zero-order valence-corrected chi connectivity index (χ0v) is 10.0. The molecule has 11 heteroatoms. The van der Waals surface area contributed by atoms with Gasteiger partial charge in [-0.05, 0) is 6.42 Å². The van der Waals surface area contributed by atoms with Gasteiger partial charge in [-0.1, -0.05) is 13.8 Å². The van der Waals surface area contributed by atoms with Crippen molar-refractivity contribution in [2.24, 2.45) is 5.92 Å². The Hall–Kier alpha value is -1.16. The van der Waals surface area contributed by atoms with Gasteiger partial charge in [-0.15, -0.1) is 0 Å². The van der Waals surface area contributed by atoms with Gasteiger partial charge in [0.25, 0.3) is 0 Å². The molecule has 0 bridgehead atoms. The second kappa shape index (κ2) is 5.32. The van der Waals surface area contributed by atoms with Gasteiger partial charge in [0.15, 0.2) is 0 Å². The van der Waals surface area contributed by atoms with Crippen molar-refractivity contribution in [3.05, 3.63) is 0 Å². The first kappa shape index (κ1) is 18.8. The summed E-state index contributed by atoms with van der Waals surface area (Å²) >= 11 is 0. The molecule has 0 aromatic rings. The van der Waals surface area contributed by atoms with Gasteiger partial charge in [0, 0.05) is 0 Å². The Morgan fingerprint density at radius 2 is 1.20 bits per heavy atom. The number of hydrogen-bond acceptors (Lipinski definition) is 2. The van der Waals surface area contributed by atoms with Crippen molar-refractivity contribution in [3.8, 4) is 0 Å². The van der Waals surface area contributed by atoms with E-state index in [9.17, 15) is 44.3 Å². The van der Waals surface area contributed by atoms with Gasteiger partial charge in [-0.25, -0.2) is 0 Å². The molecule has 2 nitrogen and oxygen atoms in total. The Bertz CT molecular complexity index is 316. The van der Waals surface area contributed by atoms with E-state index >= 15 is 0 Å². The number of carbonyl (C=O) groups is 1. The summed E-state index contributed by atoms with van der Waals surface area (Å²) in [5, 5.41) is 0. The number of ether oxygens (including phenoxy) is 1. The SMILES string of the molecule is CCC(C)C(=O)OC(C(F)(F)F)(C(F)(F)F)C(F)(F)F. The maximum Gasteiger partial charge on any atom is 0.447 e. The fraction of sp³-hybridized carbons (Fsp3) is 0.889. The number of alkyl halides is 9. The molecule has 0 rings (SSSR count). The van der Waals surface area contributed by atoms with Crippen molar-refractivity contribution in [2.75, 3.05) is 0 Å². The van der Waals surface area contributed by atoms with Gasteiger partial charge in [-0.2, -0.15) is 39.5 Å². The average molecular weight is 320 g/mol. The van der Waals surface area contributed by atoms with Crippen LogP contribution in [0.3, 0.4) is 0 Å². The lowest BCUT2D eigenvalue weighted by Crippen LogP contribution is -2.68. The maximum absolute atomic E-state index is 12.4. The zero-order chi connectivity index (χ0) is 16.6. The van der Waals surface area contributed by atoms with Gasteiger partial charge >= 0.3 is 30.1 Å². The van der Waals surface area contributed by atoms with Crippen molar-refractivity contribution in [3.63, 3.8) is 0 Å². The predicted molar refractivity (Wildman–Crippen MR) is 46.4 cm³/mol. The second-order valence-corrected chi connectivity index (χ2v) is 3.90. The van der Waals surface area contributed by atoms with E-state index in [1.54, 1.807) is 0 Å². The van der Waals surface area contributed by atoms with Gasteiger partial charge in [-0.3, -0.25) is 4.79 Å². The van der Waals surface area contributed by atoms with E-state index in [4.69, 9.17) is 0 Å². The third kappa shape index (κ3) is 3.11. The molecule has 0 N–H and O–H groups in total. The first-order valence-electron chi connectivity index (χ1n) is 5.04. The normalized spacial score (nSPS) is 15.9. The summed E-state index contributed by atoms with van der Waals surface area (Å²) in [5.74, 6) is -3.79. The lowest BCUT2D eigenvalue weighted by Gasteiger charge is -2.37. The van der Waals surface area contributed by atoms with Crippen LogP contribution in [0.2, 0.25) is 0 Å². The molecule has 0 aliphatic rings. The Kier molecular flexibility index (Phi) is 5.01. The number of esters is 1. The highest BCUT2D eigenvalue weighted by molar-refractivity contribution is 5.72. The third-order valence-electron chi connectivity index (χ3n) is 2.47. The molecule has 20 heavy (non-hydrogen) atoms. The van der Waals surface area contributed by atoms with E-state index < -0.39 is 36.0 Å². The average Bonchev–Trinajstić information content (AvgIpc) is 2.18. The number of carbonyl (C=O) groups excluding carboxylic acids is 1. The van der Waals surface area contributed by atoms with E-state index in [-0.39, 0.29) is 6.42 Å². The summed E-state index contributed by atoms with van der Waals surface area (Å²) < 4.78 is 114. The van der Waals surface area contributed by atoms with Crippen molar-refractivity contribution < 1.29 is 49.0 Å². The minimum atomic E-state index is -6.90. The smallest absolute Gasteiger partial charge is 0.432 e. The molecule has 0 heterocycles. The monoisotopic (exact) mass is 320 g/mol. The van der Waals surface area contributed by atoms with Crippen LogP contribution in [0.25, 0.3) is 0 Å². The number of hydrogen-bond donors (Lipinski definition) is 0. The molecule has 0 saturated carbocycles. The minimum Gasteiger partial charge on any atom is -0.432 e. The zero-order valence-electron chi connectivity index (χ0n) is 10.0. The Labute approximate surface area is 106 Å². The van der Waals surface area contributed by atoms with Crippen molar-refractivity contribution in [1.82, 2.24) is 0 Å². The van der Waals surface area contributed by atoms with Crippen LogP contribution in [0.15, 0.2) is 0 Å². The van der Waals surface area contributed by atoms with Crippen LogP contribution >= 0.6 is 0 Å². The Morgan fingerprint density at radius 3 is 1.40 bits per heavy atom. The predicted octanol–water partition coefficient (Wildman–Crippen LogP) is 4.00. The maximum atomic E-state index is 12.4. The van der Waals surface area contributed by atoms with Gasteiger partial charge in [0.1, 0.15) is 0 Å². The fourth-order valence-corrected chi connectivity index (χ4v) is 1.07. The number of halogens is 9. The van der Waals surface area contributed by atoms with E-state index in [1.807, 2.05) is 0 Å². The van der Waals surface area contributed by atoms with Crippen molar-refractivity contribution in [1.29, 1.82) is 0 Å². The first-order chi connectivity index (χ1) is 8.62. The van der Waals surface area contributed by atoms with Crippen LogP contribution in [0.4, 0.5) is 39.5 Å². The van der Waals surface area contributed by atoms with Crippen LogP contribution in [0, 0.1) is 5.92 Å². The Balaban J connectivity index is 6.00. The molecule has 0 radical (unpaired) electrons. The third-order valence-corrected chi connectivity index (χ3v) is 2.47. The summed E-state index contributed by atoms with van der Waals surface area (Å²) in [5.41, 5.74) is -6.53. The summed E-state index contributed by atoms with van der Waals surface area (Å²) in [6.45, 7) is 2.03. The lowest BCUT2D eigenvalue weighted by atomic mass is 10.0. The molecular weight excluding hydrogens is 311 g/mol. The molecule has 0 aromatic heterocycles. The standard InChI is InChI=1S/C9H9F9O2/c1-3-4(2)5(19)20-6(7(10,11)12,8(13,14)15)9(16,17)18/h4H,3H2,1-2H3. The van der Waals surface area contributed by atoms with Gasteiger partial charge < -0.3 is 4.74 Å². The van der Waals surface area contributed by atoms with Crippen LogP contribution in [0.5, 0.6) is 0 Å².